The predicted octanol–water partition coefficient (Wildman–Crippen LogP) is 2.75. The fraction of sp³-hybridized carbons (Fsp3) is 0.188. The Morgan fingerprint density at radius 1 is 1.15 bits per heavy atom. The second kappa shape index (κ2) is 4.89. The Morgan fingerprint density at radius 3 is 2.75 bits per heavy atom. The third-order valence-electron chi connectivity index (χ3n) is 3.53. The number of benzene rings is 2. The van der Waals surface area contributed by atoms with Crippen LogP contribution in [0.2, 0.25) is 0 Å². The molecule has 4 heteroatoms. The summed E-state index contributed by atoms with van der Waals surface area (Å²) in [4.78, 5) is 13.2. The average molecular weight is 268 g/mol. The molecule has 1 aliphatic rings. The van der Waals surface area contributed by atoms with Crippen molar-refractivity contribution in [1.82, 2.24) is 0 Å². The molecule has 1 amide bonds. The Morgan fingerprint density at radius 2 is 1.95 bits per heavy atom. The number of rotatable bonds is 2. The van der Waals surface area contributed by atoms with E-state index < -0.39 is 0 Å². The largest absolute Gasteiger partial charge is 0.482 e. The summed E-state index contributed by atoms with van der Waals surface area (Å²) < 4.78 is 5.52. The number of anilines is 2. The first-order valence-corrected chi connectivity index (χ1v) is 6.50. The quantitative estimate of drug-likeness (QED) is 0.910. The summed E-state index contributed by atoms with van der Waals surface area (Å²) in [6.07, 6.45) is 0. The van der Waals surface area contributed by atoms with Gasteiger partial charge in [0.05, 0.1) is 5.69 Å². The summed E-state index contributed by atoms with van der Waals surface area (Å²) in [7, 11) is 3.67. The van der Waals surface area contributed by atoms with Gasteiger partial charge < -0.3 is 15.0 Å². The van der Waals surface area contributed by atoms with Crippen LogP contribution in [0.15, 0.2) is 42.5 Å². The number of nitrogens with zero attached hydrogens (tertiary/aromatic N) is 1. The van der Waals surface area contributed by atoms with Crippen molar-refractivity contribution in [3.8, 4) is 16.9 Å². The number of ether oxygens (including phenoxy) is 1. The second-order valence-corrected chi connectivity index (χ2v) is 4.75. The molecule has 0 aliphatic carbocycles. The molecule has 0 saturated heterocycles. The Kier molecular flexibility index (Phi) is 3.06. The number of nitrogens with one attached hydrogen (secondary N) is 1. The van der Waals surface area contributed by atoms with Crippen LogP contribution in [-0.4, -0.2) is 26.6 Å². The fourth-order valence-electron chi connectivity index (χ4n) is 2.31. The van der Waals surface area contributed by atoms with Crippen molar-refractivity contribution < 1.29 is 9.53 Å². The van der Waals surface area contributed by atoms with Crippen LogP contribution < -0.4 is 15.0 Å². The highest BCUT2D eigenvalue weighted by Crippen LogP contribution is 2.35. The van der Waals surface area contributed by atoms with E-state index in [0.717, 1.165) is 28.3 Å². The number of carbonyl (C=O) groups is 1. The van der Waals surface area contributed by atoms with Crippen molar-refractivity contribution in [3.05, 3.63) is 42.5 Å². The van der Waals surface area contributed by atoms with Gasteiger partial charge in [-0.25, -0.2) is 0 Å². The van der Waals surface area contributed by atoms with E-state index in [9.17, 15) is 4.79 Å². The van der Waals surface area contributed by atoms with Crippen molar-refractivity contribution >= 4 is 17.3 Å². The SMILES string of the molecule is CNc1cccc(-c2ccc3c(c2)OCC(=O)N3C)c1. The Bertz CT molecular complexity index is 667. The fourth-order valence-corrected chi connectivity index (χ4v) is 2.31. The predicted molar refractivity (Wildman–Crippen MR) is 80.3 cm³/mol. The van der Waals surface area contributed by atoms with Crippen LogP contribution in [0.5, 0.6) is 5.75 Å². The van der Waals surface area contributed by atoms with Crippen LogP contribution in [0.3, 0.4) is 0 Å². The molecule has 0 fully saturated rings. The summed E-state index contributed by atoms with van der Waals surface area (Å²) >= 11 is 0. The highest BCUT2D eigenvalue weighted by atomic mass is 16.5. The van der Waals surface area contributed by atoms with Gasteiger partial charge in [0.15, 0.2) is 6.61 Å². The molecule has 1 N–H and O–H groups in total. The molecule has 20 heavy (non-hydrogen) atoms. The molecule has 0 spiro atoms. The standard InChI is InChI=1S/C16H16N2O2/c1-17-13-5-3-4-11(8-13)12-6-7-14-15(9-12)20-10-16(19)18(14)2/h3-9,17H,10H2,1-2H3. The van der Waals surface area contributed by atoms with Crippen molar-refractivity contribution in [1.29, 1.82) is 0 Å². The van der Waals surface area contributed by atoms with Crippen LogP contribution in [0.1, 0.15) is 0 Å². The van der Waals surface area contributed by atoms with Gasteiger partial charge in [-0.2, -0.15) is 0 Å². The zero-order valence-corrected chi connectivity index (χ0v) is 11.5. The molecular weight excluding hydrogens is 252 g/mol. The first kappa shape index (κ1) is 12.5. The van der Waals surface area contributed by atoms with E-state index in [1.807, 2.05) is 37.4 Å². The Hall–Kier alpha value is -2.49. The molecule has 0 saturated carbocycles. The van der Waals surface area contributed by atoms with Gasteiger partial charge >= 0.3 is 0 Å². The maximum Gasteiger partial charge on any atom is 0.264 e. The summed E-state index contributed by atoms with van der Waals surface area (Å²) in [5, 5.41) is 3.13. The van der Waals surface area contributed by atoms with E-state index in [0.29, 0.717) is 0 Å². The minimum absolute atomic E-state index is 0.0255. The third-order valence-corrected chi connectivity index (χ3v) is 3.53. The van der Waals surface area contributed by atoms with Crippen molar-refractivity contribution in [2.24, 2.45) is 0 Å². The van der Waals surface area contributed by atoms with E-state index in [1.165, 1.54) is 0 Å². The lowest BCUT2D eigenvalue weighted by molar-refractivity contribution is -0.120. The molecule has 0 bridgehead atoms. The van der Waals surface area contributed by atoms with Gasteiger partial charge in [-0.15, -0.1) is 0 Å². The van der Waals surface area contributed by atoms with Gasteiger partial charge in [0.1, 0.15) is 5.75 Å². The molecule has 1 heterocycles. The van der Waals surface area contributed by atoms with Gasteiger partial charge in [-0.1, -0.05) is 18.2 Å². The first-order chi connectivity index (χ1) is 9.69. The number of hydrogen-bond donors (Lipinski definition) is 1. The molecule has 0 radical (unpaired) electrons. The number of carbonyl (C=O) groups excluding carboxylic acids is 1. The average Bonchev–Trinajstić information content (AvgIpc) is 2.51. The molecule has 0 unspecified atom stereocenters. The number of amides is 1. The van der Waals surface area contributed by atoms with Gasteiger partial charge in [-0.3, -0.25) is 4.79 Å². The highest BCUT2D eigenvalue weighted by Gasteiger charge is 2.22. The van der Waals surface area contributed by atoms with Gasteiger partial charge in [0.25, 0.3) is 5.91 Å². The number of hydrogen-bond acceptors (Lipinski definition) is 3. The zero-order chi connectivity index (χ0) is 14.1. The van der Waals surface area contributed by atoms with Gasteiger partial charge in [-0.05, 0) is 35.4 Å². The third kappa shape index (κ3) is 2.09. The molecule has 2 aromatic carbocycles. The Balaban J connectivity index is 2.02. The van der Waals surface area contributed by atoms with Gasteiger partial charge in [0, 0.05) is 19.8 Å². The molecule has 3 rings (SSSR count). The lowest BCUT2D eigenvalue weighted by atomic mass is 10.0. The van der Waals surface area contributed by atoms with Crippen molar-refractivity contribution in [2.75, 3.05) is 30.9 Å². The number of fused-ring (bicyclic) bond motifs is 1. The van der Waals surface area contributed by atoms with E-state index in [1.54, 1.807) is 11.9 Å². The molecule has 4 nitrogen and oxygen atoms in total. The lowest BCUT2D eigenvalue weighted by Crippen LogP contribution is -2.35. The maximum atomic E-state index is 11.6. The van der Waals surface area contributed by atoms with Crippen LogP contribution in [0, 0.1) is 0 Å². The summed E-state index contributed by atoms with van der Waals surface area (Å²) in [5.41, 5.74) is 4.06. The molecule has 0 atom stereocenters. The monoisotopic (exact) mass is 268 g/mol. The summed E-state index contributed by atoms with van der Waals surface area (Å²) in [6, 6.07) is 14.1. The minimum atomic E-state index is -0.0255. The van der Waals surface area contributed by atoms with Gasteiger partial charge in [0.2, 0.25) is 0 Å². The van der Waals surface area contributed by atoms with E-state index >= 15 is 0 Å². The van der Waals surface area contributed by atoms with E-state index in [-0.39, 0.29) is 12.5 Å². The smallest absolute Gasteiger partial charge is 0.264 e. The molecule has 1 aliphatic heterocycles. The first-order valence-electron chi connectivity index (χ1n) is 6.50. The summed E-state index contributed by atoms with van der Waals surface area (Å²) in [6.45, 7) is 0.101. The van der Waals surface area contributed by atoms with Crippen LogP contribution in [-0.2, 0) is 4.79 Å². The molecule has 0 aromatic heterocycles. The molecule has 102 valence electrons. The van der Waals surface area contributed by atoms with Crippen molar-refractivity contribution in [3.63, 3.8) is 0 Å². The topological polar surface area (TPSA) is 41.6 Å². The van der Waals surface area contributed by atoms with Crippen LogP contribution >= 0.6 is 0 Å². The number of likely N-dealkylation sites (N-methyl/N-ethyl adjacent to an activating group) is 1. The highest BCUT2D eigenvalue weighted by molar-refractivity contribution is 5.97. The lowest BCUT2D eigenvalue weighted by Gasteiger charge is -2.26. The van der Waals surface area contributed by atoms with E-state index in [2.05, 4.69) is 17.4 Å². The second-order valence-electron chi connectivity index (χ2n) is 4.75. The Labute approximate surface area is 118 Å². The molecule has 2 aromatic rings. The van der Waals surface area contributed by atoms with Crippen LogP contribution in [0.25, 0.3) is 11.1 Å². The normalized spacial score (nSPS) is 13.7. The molecular formula is C16H16N2O2. The maximum absolute atomic E-state index is 11.6. The van der Waals surface area contributed by atoms with E-state index in [4.69, 9.17) is 4.74 Å². The zero-order valence-electron chi connectivity index (χ0n) is 11.5. The van der Waals surface area contributed by atoms with Crippen LogP contribution in [0.4, 0.5) is 11.4 Å². The summed E-state index contributed by atoms with van der Waals surface area (Å²) in [5.74, 6) is 0.724. The van der Waals surface area contributed by atoms with Crippen molar-refractivity contribution in [2.45, 2.75) is 0 Å². The minimum Gasteiger partial charge on any atom is -0.482 e.